The molecule has 110 valence electrons. The van der Waals surface area contributed by atoms with Crippen LogP contribution in [-0.2, 0) is 6.42 Å². The number of hydrogen-bond acceptors (Lipinski definition) is 3. The second kappa shape index (κ2) is 4.98. The van der Waals surface area contributed by atoms with E-state index in [1.807, 2.05) is 22.3 Å². The molecule has 1 saturated carbocycles. The maximum atomic E-state index is 12.8. The van der Waals surface area contributed by atoms with Gasteiger partial charge in [0.25, 0.3) is 5.91 Å². The highest BCUT2D eigenvalue weighted by Crippen LogP contribution is 2.40. The molecule has 21 heavy (non-hydrogen) atoms. The first kappa shape index (κ1) is 13.1. The van der Waals surface area contributed by atoms with Crippen LogP contribution in [-0.4, -0.2) is 27.5 Å². The van der Waals surface area contributed by atoms with Gasteiger partial charge in [0.05, 0.1) is 6.04 Å². The molecule has 1 amide bonds. The molecule has 1 atom stereocenters. The van der Waals surface area contributed by atoms with Crippen LogP contribution in [0.25, 0.3) is 0 Å². The van der Waals surface area contributed by atoms with Crippen LogP contribution < -0.4 is 0 Å². The molecule has 0 saturated heterocycles. The molecule has 0 radical (unpaired) electrons. The molecule has 1 aliphatic heterocycles. The fourth-order valence-electron chi connectivity index (χ4n) is 3.28. The molecule has 0 unspecified atom stereocenters. The van der Waals surface area contributed by atoms with Gasteiger partial charge in [-0.1, -0.05) is 6.92 Å². The fraction of sp³-hybridized carbons (Fsp3) is 0.500. The maximum Gasteiger partial charge on any atom is 0.274 e. The first-order chi connectivity index (χ1) is 10.3. The molecule has 4 nitrogen and oxygen atoms in total. The van der Waals surface area contributed by atoms with Crippen LogP contribution in [0.1, 0.15) is 64.8 Å². The predicted octanol–water partition coefficient (Wildman–Crippen LogP) is 3.50. The number of fused-ring (bicyclic) bond motifs is 1. The molecule has 0 aromatic carbocycles. The number of carbonyl (C=O) groups excluding carboxylic acids is 1. The Bertz CT molecular complexity index is 671. The second-order valence-electron chi connectivity index (χ2n) is 5.95. The van der Waals surface area contributed by atoms with Crippen molar-refractivity contribution in [2.75, 3.05) is 6.54 Å². The number of aromatic nitrogens is 2. The van der Waals surface area contributed by atoms with Crippen molar-refractivity contribution in [2.45, 2.75) is 44.6 Å². The Morgan fingerprint density at radius 3 is 3.14 bits per heavy atom. The standard InChI is InChI=1S/C16H19N3OS/c1-2-14-11-6-8-21-15(11)5-7-19(14)16(20)13-9-12(17-18-13)10-3-4-10/h6,8-10,14H,2-5,7H2,1H3,(H,17,18)/t14-/m0/s1. The summed E-state index contributed by atoms with van der Waals surface area (Å²) in [5, 5.41) is 9.43. The van der Waals surface area contributed by atoms with Gasteiger partial charge in [-0.2, -0.15) is 5.10 Å². The molecule has 3 heterocycles. The predicted molar refractivity (Wildman–Crippen MR) is 82.7 cm³/mol. The summed E-state index contributed by atoms with van der Waals surface area (Å²) in [5.41, 5.74) is 3.04. The summed E-state index contributed by atoms with van der Waals surface area (Å²) in [6.45, 7) is 2.95. The van der Waals surface area contributed by atoms with Crippen molar-refractivity contribution in [1.82, 2.24) is 15.1 Å². The van der Waals surface area contributed by atoms with Gasteiger partial charge in [-0.15, -0.1) is 11.3 Å². The van der Waals surface area contributed by atoms with E-state index in [9.17, 15) is 4.79 Å². The number of nitrogens with zero attached hydrogens (tertiary/aromatic N) is 2. The van der Waals surface area contributed by atoms with E-state index in [-0.39, 0.29) is 11.9 Å². The van der Waals surface area contributed by atoms with E-state index in [0.717, 1.165) is 25.1 Å². The quantitative estimate of drug-likeness (QED) is 0.943. The monoisotopic (exact) mass is 301 g/mol. The number of hydrogen-bond donors (Lipinski definition) is 1. The minimum atomic E-state index is 0.0712. The lowest BCUT2D eigenvalue weighted by molar-refractivity contribution is 0.0651. The third-order valence-corrected chi connectivity index (χ3v) is 5.57. The first-order valence-electron chi connectivity index (χ1n) is 7.70. The van der Waals surface area contributed by atoms with Crippen molar-refractivity contribution in [3.63, 3.8) is 0 Å². The minimum Gasteiger partial charge on any atom is -0.330 e. The average Bonchev–Trinajstić information content (AvgIpc) is 3.05. The normalized spacial score (nSPS) is 21.4. The van der Waals surface area contributed by atoms with E-state index in [1.54, 1.807) is 0 Å². The van der Waals surface area contributed by atoms with Gasteiger partial charge in [0, 0.05) is 23.0 Å². The van der Waals surface area contributed by atoms with Crippen LogP contribution in [0.15, 0.2) is 17.5 Å². The molecule has 5 heteroatoms. The van der Waals surface area contributed by atoms with Crippen molar-refractivity contribution in [3.05, 3.63) is 39.3 Å². The fourth-order valence-corrected chi connectivity index (χ4v) is 4.20. The third kappa shape index (κ3) is 2.20. The minimum absolute atomic E-state index is 0.0712. The summed E-state index contributed by atoms with van der Waals surface area (Å²) in [7, 11) is 0. The molecule has 4 rings (SSSR count). The molecular formula is C16H19N3OS. The van der Waals surface area contributed by atoms with Gasteiger partial charge in [-0.25, -0.2) is 0 Å². The molecule has 0 bridgehead atoms. The Labute approximate surface area is 128 Å². The number of carbonyl (C=O) groups is 1. The molecule has 2 aromatic heterocycles. The topological polar surface area (TPSA) is 49.0 Å². The van der Waals surface area contributed by atoms with Crippen LogP contribution in [0.4, 0.5) is 0 Å². The summed E-state index contributed by atoms with van der Waals surface area (Å²) >= 11 is 1.81. The number of amides is 1. The van der Waals surface area contributed by atoms with E-state index in [1.165, 1.54) is 23.3 Å². The molecule has 1 N–H and O–H groups in total. The number of nitrogens with one attached hydrogen (secondary N) is 1. The average molecular weight is 301 g/mol. The highest BCUT2D eigenvalue weighted by Gasteiger charge is 2.33. The van der Waals surface area contributed by atoms with Crippen LogP contribution in [0, 0.1) is 0 Å². The Morgan fingerprint density at radius 1 is 1.52 bits per heavy atom. The third-order valence-electron chi connectivity index (χ3n) is 4.58. The van der Waals surface area contributed by atoms with Gasteiger partial charge in [-0.3, -0.25) is 9.89 Å². The summed E-state index contributed by atoms with van der Waals surface area (Å²) in [6, 6.07) is 4.33. The van der Waals surface area contributed by atoms with Gasteiger partial charge in [-0.05, 0) is 48.8 Å². The lowest BCUT2D eigenvalue weighted by Crippen LogP contribution is -2.39. The summed E-state index contributed by atoms with van der Waals surface area (Å²) in [6.07, 6.45) is 4.36. The number of thiophene rings is 1. The van der Waals surface area contributed by atoms with Gasteiger partial charge in [0.2, 0.25) is 0 Å². The lowest BCUT2D eigenvalue weighted by atomic mass is 9.97. The van der Waals surface area contributed by atoms with Crippen LogP contribution in [0.2, 0.25) is 0 Å². The zero-order valence-electron chi connectivity index (χ0n) is 12.1. The Balaban J connectivity index is 1.61. The second-order valence-corrected chi connectivity index (χ2v) is 6.96. The Hall–Kier alpha value is -1.62. The van der Waals surface area contributed by atoms with Crippen molar-refractivity contribution < 1.29 is 4.79 Å². The SMILES string of the molecule is CC[C@H]1c2ccsc2CCN1C(=O)c1cc(C2CC2)[nH]n1. The van der Waals surface area contributed by atoms with Gasteiger partial charge < -0.3 is 4.90 Å². The summed E-state index contributed by atoms with van der Waals surface area (Å²) < 4.78 is 0. The highest BCUT2D eigenvalue weighted by atomic mass is 32.1. The van der Waals surface area contributed by atoms with E-state index < -0.39 is 0 Å². The van der Waals surface area contributed by atoms with Crippen LogP contribution in [0.3, 0.4) is 0 Å². The lowest BCUT2D eigenvalue weighted by Gasteiger charge is -2.35. The first-order valence-corrected chi connectivity index (χ1v) is 8.58. The van der Waals surface area contributed by atoms with Gasteiger partial charge in [0.1, 0.15) is 5.69 Å². The Kier molecular flexibility index (Phi) is 3.10. The van der Waals surface area contributed by atoms with Gasteiger partial charge in [0.15, 0.2) is 0 Å². The van der Waals surface area contributed by atoms with Crippen molar-refractivity contribution >= 4 is 17.2 Å². The molecule has 2 aliphatic rings. The van der Waals surface area contributed by atoms with Crippen molar-refractivity contribution in [2.24, 2.45) is 0 Å². The van der Waals surface area contributed by atoms with Crippen molar-refractivity contribution in [3.8, 4) is 0 Å². The number of aromatic amines is 1. The maximum absolute atomic E-state index is 12.8. The zero-order chi connectivity index (χ0) is 14.4. The smallest absolute Gasteiger partial charge is 0.274 e. The van der Waals surface area contributed by atoms with Crippen LogP contribution >= 0.6 is 11.3 Å². The van der Waals surface area contributed by atoms with Gasteiger partial charge >= 0.3 is 0 Å². The van der Waals surface area contributed by atoms with Crippen molar-refractivity contribution in [1.29, 1.82) is 0 Å². The number of rotatable bonds is 3. The Morgan fingerprint density at radius 2 is 2.38 bits per heavy atom. The highest BCUT2D eigenvalue weighted by molar-refractivity contribution is 7.10. The molecule has 1 fully saturated rings. The summed E-state index contributed by atoms with van der Waals surface area (Å²) in [4.78, 5) is 16.2. The zero-order valence-corrected chi connectivity index (χ0v) is 12.9. The van der Waals surface area contributed by atoms with Crippen LogP contribution in [0.5, 0.6) is 0 Å². The summed E-state index contributed by atoms with van der Waals surface area (Å²) in [5.74, 6) is 0.674. The van der Waals surface area contributed by atoms with E-state index >= 15 is 0 Å². The molecular weight excluding hydrogens is 282 g/mol. The molecule has 0 spiro atoms. The molecule has 1 aliphatic carbocycles. The van der Waals surface area contributed by atoms with E-state index in [0.29, 0.717) is 11.6 Å². The van der Waals surface area contributed by atoms with E-state index in [2.05, 4.69) is 28.6 Å². The number of H-pyrrole nitrogens is 1. The largest absolute Gasteiger partial charge is 0.330 e. The molecule has 2 aromatic rings. The van der Waals surface area contributed by atoms with E-state index in [4.69, 9.17) is 0 Å².